The number of furan rings is 3. The van der Waals surface area contributed by atoms with Crippen molar-refractivity contribution < 1.29 is 13.3 Å². The largest absolute Gasteiger partial charge is 0.464 e. The van der Waals surface area contributed by atoms with Crippen molar-refractivity contribution in [1.82, 2.24) is 0 Å². The zero-order valence-electron chi connectivity index (χ0n) is 22.9. The Bertz CT molecular complexity index is 2680. The topological polar surface area (TPSA) is 39.4 Å². The van der Waals surface area contributed by atoms with Gasteiger partial charge in [0.15, 0.2) is 0 Å². The molecule has 43 heavy (non-hydrogen) atoms. The van der Waals surface area contributed by atoms with Gasteiger partial charge in [0, 0.05) is 32.7 Å². The predicted octanol–water partition coefficient (Wildman–Crippen LogP) is 11.9. The van der Waals surface area contributed by atoms with E-state index in [2.05, 4.69) is 97.1 Å². The second kappa shape index (κ2) is 8.37. The molecule has 7 aromatic carbocycles. The fourth-order valence-corrected chi connectivity index (χ4v) is 7.11. The number of fused-ring (bicyclic) bond motifs is 10. The number of hydrogen-bond acceptors (Lipinski definition) is 3. The minimum absolute atomic E-state index is 0.834. The first-order chi connectivity index (χ1) is 21.3. The first-order valence-corrected chi connectivity index (χ1v) is 14.5. The number of hydrogen-bond donors (Lipinski definition) is 0. The Morgan fingerprint density at radius 2 is 0.907 bits per heavy atom. The summed E-state index contributed by atoms with van der Waals surface area (Å²) in [7, 11) is 0. The third-order valence-electron chi connectivity index (χ3n) is 8.94. The Morgan fingerprint density at radius 1 is 0.349 bits per heavy atom. The highest BCUT2D eigenvalue weighted by Gasteiger charge is 2.22. The lowest BCUT2D eigenvalue weighted by Gasteiger charge is -2.18. The number of benzene rings is 7. The smallest absolute Gasteiger partial charge is 0.146 e. The van der Waals surface area contributed by atoms with Crippen molar-refractivity contribution in [3.05, 3.63) is 134 Å². The van der Waals surface area contributed by atoms with Gasteiger partial charge in [-0.3, -0.25) is 0 Å². The van der Waals surface area contributed by atoms with Gasteiger partial charge in [-0.25, -0.2) is 0 Å². The van der Waals surface area contributed by atoms with Crippen molar-refractivity contribution >= 4 is 76.4 Å². The number of rotatable bonds is 2. The molecule has 0 saturated heterocycles. The van der Waals surface area contributed by atoms with Gasteiger partial charge >= 0.3 is 0 Å². The summed E-state index contributed by atoms with van der Waals surface area (Å²) in [6.45, 7) is 0. The fraction of sp³-hybridized carbons (Fsp3) is 0. The third kappa shape index (κ3) is 3.08. The SMILES string of the molecule is c1ccc2c(c1)oc1ccc(-c3c4ccccc4c(-c4cc5c6ccccc6oc5c5ccoc45)c4ccccc34)cc12. The minimum Gasteiger partial charge on any atom is -0.464 e. The van der Waals surface area contributed by atoms with Crippen LogP contribution in [-0.4, -0.2) is 0 Å². The summed E-state index contributed by atoms with van der Waals surface area (Å²) in [6, 6.07) is 44.8. The van der Waals surface area contributed by atoms with Gasteiger partial charge in [-0.2, -0.15) is 0 Å². The van der Waals surface area contributed by atoms with Gasteiger partial charge in [-0.1, -0.05) is 91.0 Å². The Kier molecular flexibility index (Phi) is 4.45. The molecule has 0 spiro atoms. The van der Waals surface area contributed by atoms with Crippen molar-refractivity contribution in [2.45, 2.75) is 0 Å². The highest BCUT2D eigenvalue weighted by Crippen LogP contribution is 2.48. The fourth-order valence-electron chi connectivity index (χ4n) is 7.11. The van der Waals surface area contributed by atoms with Crippen LogP contribution in [0.5, 0.6) is 0 Å². The molecule has 3 heterocycles. The lowest BCUT2D eigenvalue weighted by Crippen LogP contribution is -1.91. The quantitative estimate of drug-likeness (QED) is 0.201. The molecule has 0 atom stereocenters. The maximum atomic E-state index is 6.36. The summed E-state index contributed by atoms with van der Waals surface area (Å²) >= 11 is 0. The Labute approximate surface area is 245 Å². The van der Waals surface area contributed by atoms with Crippen LogP contribution >= 0.6 is 0 Å². The second-order valence-corrected chi connectivity index (χ2v) is 11.2. The van der Waals surface area contributed by atoms with Crippen molar-refractivity contribution in [3.63, 3.8) is 0 Å². The molecule has 0 saturated carbocycles. The summed E-state index contributed by atoms with van der Waals surface area (Å²) in [4.78, 5) is 0. The zero-order valence-corrected chi connectivity index (χ0v) is 22.9. The molecule has 0 bridgehead atoms. The van der Waals surface area contributed by atoms with Gasteiger partial charge in [0.1, 0.15) is 27.9 Å². The van der Waals surface area contributed by atoms with Crippen LogP contribution in [0.1, 0.15) is 0 Å². The molecule has 0 aliphatic heterocycles. The van der Waals surface area contributed by atoms with E-state index in [0.717, 1.165) is 71.5 Å². The molecule has 0 aliphatic carbocycles. The average molecular weight is 551 g/mol. The van der Waals surface area contributed by atoms with E-state index in [1.165, 1.54) is 27.1 Å². The molecule has 0 amide bonds. The van der Waals surface area contributed by atoms with E-state index in [0.29, 0.717) is 0 Å². The van der Waals surface area contributed by atoms with E-state index >= 15 is 0 Å². The summed E-state index contributed by atoms with van der Waals surface area (Å²) < 4.78 is 18.8. The molecule has 0 N–H and O–H groups in total. The van der Waals surface area contributed by atoms with Crippen LogP contribution in [0.4, 0.5) is 0 Å². The van der Waals surface area contributed by atoms with E-state index in [9.17, 15) is 0 Å². The standard InChI is InChI=1S/C40H22O3/c1-3-13-28-26(11-1)37(23-17-18-36-31(21-23)24-9-5-7-15-34(24)42-36)27-12-2-4-14-29(27)38(28)33-22-32-25-10-6-8-16-35(25)43-40(32)30-19-20-41-39(30)33/h1-22H. The van der Waals surface area contributed by atoms with Crippen LogP contribution in [0.3, 0.4) is 0 Å². The van der Waals surface area contributed by atoms with Crippen LogP contribution in [0.2, 0.25) is 0 Å². The third-order valence-corrected chi connectivity index (χ3v) is 8.94. The van der Waals surface area contributed by atoms with E-state index < -0.39 is 0 Å². The van der Waals surface area contributed by atoms with Gasteiger partial charge in [0.05, 0.1) is 11.6 Å². The first kappa shape index (κ1) is 22.8. The van der Waals surface area contributed by atoms with Crippen LogP contribution in [0.15, 0.2) is 147 Å². The molecule has 3 nitrogen and oxygen atoms in total. The summed E-state index contributed by atoms with van der Waals surface area (Å²) in [5.74, 6) is 0. The average Bonchev–Trinajstić information content (AvgIpc) is 3.78. The summed E-state index contributed by atoms with van der Waals surface area (Å²) in [6.07, 6.45) is 1.77. The van der Waals surface area contributed by atoms with Gasteiger partial charge in [0.25, 0.3) is 0 Å². The lowest BCUT2D eigenvalue weighted by molar-refractivity contribution is 0.616. The number of para-hydroxylation sites is 2. The zero-order chi connectivity index (χ0) is 28.1. The first-order valence-electron chi connectivity index (χ1n) is 14.5. The molecule has 0 fully saturated rings. The van der Waals surface area contributed by atoms with Crippen LogP contribution in [-0.2, 0) is 0 Å². The van der Waals surface area contributed by atoms with E-state index in [-0.39, 0.29) is 0 Å². The van der Waals surface area contributed by atoms with Crippen LogP contribution in [0.25, 0.3) is 98.6 Å². The second-order valence-electron chi connectivity index (χ2n) is 11.2. The molecule has 0 unspecified atom stereocenters. The molecule has 10 aromatic rings. The highest BCUT2D eigenvalue weighted by atomic mass is 16.3. The molecule has 0 radical (unpaired) electrons. The van der Waals surface area contributed by atoms with Gasteiger partial charge in [-0.15, -0.1) is 0 Å². The normalized spacial score (nSPS) is 12.2. The highest BCUT2D eigenvalue weighted by molar-refractivity contribution is 6.26. The lowest BCUT2D eigenvalue weighted by atomic mass is 9.85. The minimum atomic E-state index is 0.834. The van der Waals surface area contributed by atoms with E-state index in [1.807, 2.05) is 30.3 Å². The van der Waals surface area contributed by atoms with Crippen molar-refractivity contribution in [3.8, 4) is 22.3 Å². The maximum absolute atomic E-state index is 6.36. The maximum Gasteiger partial charge on any atom is 0.146 e. The molecular weight excluding hydrogens is 528 g/mol. The molecular formula is C40H22O3. The molecule has 3 aromatic heterocycles. The van der Waals surface area contributed by atoms with E-state index in [4.69, 9.17) is 13.3 Å². The Balaban J connectivity index is 1.35. The van der Waals surface area contributed by atoms with Crippen LogP contribution < -0.4 is 0 Å². The van der Waals surface area contributed by atoms with Gasteiger partial charge in [-0.05, 0) is 69.1 Å². The van der Waals surface area contributed by atoms with Crippen LogP contribution in [0, 0.1) is 0 Å². The van der Waals surface area contributed by atoms with Crippen molar-refractivity contribution in [2.75, 3.05) is 0 Å². The molecule has 10 rings (SSSR count). The predicted molar refractivity (Wildman–Crippen MR) is 177 cm³/mol. The van der Waals surface area contributed by atoms with E-state index in [1.54, 1.807) is 6.26 Å². The summed E-state index contributed by atoms with van der Waals surface area (Å²) in [5.41, 5.74) is 8.99. The van der Waals surface area contributed by atoms with Gasteiger partial charge < -0.3 is 13.3 Å². The summed E-state index contributed by atoms with van der Waals surface area (Å²) in [5, 5.41) is 10.2. The van der Waals surface area contributed by atoms with Crippen molar-refractivity contribution in [1.29, 1.82) is 0 Å². The Hall–Kier alpha value is -5.80. The Morgan fingerprint density at radius 3 is 1.60 bits per heavy atom. The molecule has 3 heteroatoms. The monoisotopic (exact) mass is 550 g/mol. The molecule has 0 aliphatic rings. The van der Waals surface area contributed by atoms with Crippen molar-refractivity contribution in [2.24, 2.45) is 0 Å². The van der Waals surface area contributed by atoms with Gasteiger partial charge in [0.2, 0.25) is 0 Å². The molecule has 200 valence electrons.